The summed E-state index contributed by atoms with van der Waals surface area (Å²) in [6.07, 6.45) is 1.90. The molecular formula is C30H21N5O3S. The number of thiazole rings is 1. The minimum absolute atomic E-state index is 0.0256. The number of ketones is 1. The summed E-state index contributed by atoms with van der Waals surface area (Å²) < 4.78 is 3.01. The number of nitrogens with zero attached hydrogens (tertiary/aromatic N) is 4. The normalized spacial score (nSPS) is 11.0. The topological polar surface area (TPSA) is 98.4 Å². The van der Waals surface area contributed by atoms with E-state index in [1.807, 2.05) is 53.9 Å². The van der Waals surface area contributed by atoms with Crippen LogP contribution in [0.1, 0.15) is 31.4 Å². The molecule has 9 heteroatoms. The number of carbonyl (C=O) groups excluding carboxylic acids is 2. The summed E-state index contributed by atoms with van der Waals surface area (Å²) >= 11 is 1.25. The Morgan fingerprint density at radius 3 is 2.18 bits per heavy atom. The highest BCUT2D eigenvalue weighted by molar-refractivity contribution is 7.19. The van der Waals surface area contributed by atoms with Gasteiger partial charge in [0.2, 0.25) is 5.78 Å². The smallest absolute Gasteiger partial charge is 0.295 e. The average Bonchev–Trinajstić information content (AvgIpc) is 3.54. The molecule has 0 aliphatic carbocycles. The van der Waals surface area contributed by atoms with E-state index in [0.717, 1.165) is 15.9 Å². The summed E-state index contributed by atoms with van der Waals surface area (Å²) in [5.74, 6) is -0.833. The highest BCUT2D eigenvalue weighted by Crippen LogP contribution is 2.28. The summed E-state index contributed by atoms with van der Waals surface area (Å²) in [5, 5.41) is 7.07. The molecule has 0 fully saturated rings. The molecule has 0 aliphatic heterocycles. The van der Waals surface area contributed by atoms with Crippen LogP contribution in [0.5, 0.6) is 0 Å². The number of anilines is 1. The molecule has 0 radical (unpaired) electrons. The quantitative estimate of drug-likeness (QED) is 0.290. The summed E-state index contributed by atoms with van der Waals surface area (Å²) in [4.78, 5) is 45.8. The van der Waals surface area contributed by atoms with Crippen molar-refractivity contribution >= 4 is 33.7 Å². The number of hydrogen-bond donors (Lipinski definition) is 1. The van der Waals surface area contributed by atoms with E-state index in [2.05, 4.69) is 10.4 Å². The van der Waals surface area contributed by atoms with Gasteiger partial charge >= 0.3 is 0 Å². The lowest BCUT2D eigenvalue weighted by molar-refractivity contribution is 0.101. The van der Waals surface area contributed by atoms with Gasteiger partial charge in [-0.25, -0.2) is 4.98 Å². The summed E-state index contributed by atoms with van der Waals surface area (Å²) in [5.41, 5.74) is 2.79. The average molecular weight is 532 g/mol. The molecule has 0 atom stereocenters. The molecule has 0 aliphatic rings. The van der Waals surface area contributed by atoms with E-state index in [1.54, 1.807) is 54.6 Å². The van der Waals surface area contributed by atoms with E-state index in [4.69, 9.17) is 4.98 Å². The van der Waals surface area contributed by atoms with Gasteiger partial charge in [0.1, 0.15) is 11.4 Å². The van der Waals surface area contributed by atoms with Crippen molar-refractivity contribution in [3.63, 3.8) is 0 Å². The predicted octanol–water partition coefficient (Wildman–Crippen LogP) is 5.40. The van der Waals surface area contributed by atoms with E-state index in [9.17, 15) is 14.4 Å². The van der Waals surface area contributed by atoms with Crippen LogP contribution in [-0.4, -0.2) is 30.9 Å². The number of fused-ring (bicyclic) bond motifs is 1. The third kappa shape index (κ3) is 4.55. The summed E-state index contributed by atoms with van der Waals surface area (Å²) in [7, 11) is 0. The lowest BCUT2D eigenvalue weighted by atomic mass is 10.1. The van der Waals surface area contributed by atoms with Crippen LogP contribution in [0.2, 0.25) is 0 Å². The molecule has 190 valence electrons. The molecule has 3 heterocycles. The zero-order valence-corrected chi connectivity index (χ0v) is 21.6. The Hall–Kier alpha value is -5.15. The predicted molar refractivity (Wildman–Crippen MR) is 151 cm³/mol. The van der Waals surface area contributed by atoms with Crippen molar-refractivity contribution in [3.8, 4) is 16.9 Å². The van der Waals surface area contributed by atoms with Gasteiger partial charge in [-0.15, -0.1) is 0 Å². The van der Waals surface area contributed by atoms with Gasteiger partial charge in [0.05, 0.1) is 16.3 Å². The van der Waals surface area contributed by atoms with Crippen molar-refractivity contribution in [1.29, 1.82) is 0 Å². The molecule has 39 heavy (non-hydrogen) atoms. The van der Waals surface area contributed by atoms with Crippen LogP contribution in [0.3, 0.4) is 0 Å². The first-order chi connectivity index (χ1) is 19.0. The van der Waals surface area contributed by atoms with Crippen molar-refractivity contribution in [2.45, 2.75) is 6.92 Å². The highest BCUT2D eigenvalue weighted by Gasteiger charge is 2.23. The van der Waals surface area contributed by atoms with E-state index in [1.165, 1.54) is 17.4 Å². The van der Waals surface area contributed by atoms with Crippen LogP contribution < -0.4 is 10.9 Å². The molecule has 0 saturated carbocycles. The fourth-order valence-electron chi connectivity index (χ4n) is 4.25. The summed E-state index contributed by atoms with van der Waals surface area (Å²) in [6, 6.07) is 28.5. The number of aryl methyl sites for hydroxylation is 1. The van der Waals surface area contributed by atoms with E-state index < -0.39 is 11.5 Å². The molecule has 0 saturated heterocycles. The maximum absolute atomic E-state index is 13.8. The molecule has 6 aromatic rings. The second kappa shape index (κ2) is 9.96. The maximum Gasteiger partial charge on any atom is 0.295 e. The SMILES string of the molecule is Cc1c(C(=O)c2cc(NC(=O)c3ccccc3)c(=O)n(-c3ccccc3)n2)sc2nc(-c3ccccc3)cn12. The van der Waals surface area contributed by atoms with Crippen LogP contribution >= 0.6 is 11.3 Å². The van der Waals surface area contributed by atoms with Crippen LogP contribution in [0.25, 0.3) is 21.9 Å². The molecule has 3 aromatic heterocycles. The number of benzene rings is 3. The monoisotopic (exact) mass is 531 g/mol. The Bertz CT molecular complexity index is 1890. The number of hydrogen-bond acceptors (Lipinski definition) is 6. The Labute approximate surface area is 226 Å². The highest BCUT2D eigenvalue weighted by atomic mass is 32.1. The van der Waals surface area contributed by atoms with Gasteiger partial charge in [0.15, 0.2) is 4.96 Å². The van der Waals surface area contributed by atoms with Crippen molar-refractivity contribution in [1.82, 2.24) is 19.2 Å². The number of carbonyl (C=O) groups is 2. The van der Waals surface area contributed by atoms with Crippen molar-refractivity contribution < 1.29 is 9.59 Å². The lowest BCUT2D eigenvalue weighted by Crippen LogP contribution is -2.29. The van der Waals surface area contributed by atoms with Crippen molar-refractivity contribution in [2.75, 3.05) is 5.32 Å². The van der Waals surface area contributed by atoms with Crippen molar-refractivity contribution in [3.05, 3.63) is 135 Å². The Kier molecular flexibility index (Phi) is 6.18. The largest absolute Gasteiger partial charge is 0.317 e. The zero-order chi connectivity index (χ0) is 26.9. The standard InChI is InChI=1S/C30H21N5O3S/c1-19-27(39-30-32-25(18-34(19)30)20-11-5-2-6-12-20)26(36)23-17-24(31-28(37)21-13-7-3-8-14-21)29(38)35(33-23)22-15-9-4-10-16-22/h2-18H,1H3,(H,31,37). The first kappa shape index (κ1) is 24.2. The van der Waals surface area contributed by atoms with E-state index >= 15 is 0 Å². The Morgan fingerprint density at radius 2 is 1.51 bits per heavy atom. The van der Waals surface area contributed by atoms with E-state index in [-0.39, 0.29) is 17.2 Å². The Morgan fingerprint density at radius 1 is 0.872 bits per heavy atom. The maximum atomic E-state index is 13.8. The molecule has 0 spiro atoms. The Balaban J connectivity index is 1.42. The second-order valence-electron chi connectivity index (χ2n) is 8.81. The van der Waals surface area contributed by atoms with Gasteiger partial charge in [-0.1, -0.05) is 78.1 Å². The fraction of sp³-hybridized carbons (Fsp3) is 0.0333. The van der Waals surface area contributed by atoms with Gasteiger partial charge in [0.25, 0.3) is 11.5 Å². The van der Waals surface area contributed by atoms with Gasteiger partial charge < -0.3 is 5.32 Å². The molecule has 1 N–H and O–H groups in total. The van der Waals surface area contributed by atoms with Crippen LogP contribution in [0.15, 0.2) is 108 Å². The number of nitrogens with one attached hydrogen (secondary N) is 1. The van der Waals surface area contributed by atoms with E-state index in [0.29, 0.717) is 26.8 Å². The first-order valence-electron chi connectivity index (χ1n) is 12.1. The van der Waals surface area contributed by atoms with Crippen LogP contribution in [-0.2, 0) is 0 Å². The van der Waals surface area contributed by atoms with Gasteiger partial charge in [0, 0.05) is 23.0 Å². The number of amides is 1. The van der Waals surface area contributed by atoms with Gasteiger partial charge in [-0.2, -0.15) is 9.78 Å². The third-order valence-electron chi connectivity index (χ3n) is 6.26. The lowest BCUT2D eigenvalue weighted by Gasteiger charge is -2.11. The molecule has 3 aromatic carbocycles. The van der Waals surface area contributed by atoms with Crippen LogP contribution in [0, 0.1) is 6.92 Å². The molecule has 8 nitrogen and oxygen atoms in total. The number of rotatable bonds is 6. The number of imidazole rings is 1. The second-order valence-corrected chi connectivity index (χ2v) is 9.78. The van der Waals surface area contributed by atoms with Gasteiger partial charge in [-0.3, -0.25) is 18.8 Å². The minimum atomic E-state index is -0.549. The molecule has 1 amide bonds. The minimum Gasteiger partial charge on any atom is -0.317 e. The molecule has 0 unspecified atom stereocenters. The molecule has 6 rings (SSSR count). The zero-order valence-electron chi connectivity index (χ0n) is 20.7. The fourth-order valence-corrected chi connectivity index (χ4v) is 5.31. The third-order valence-corrected chi connectivity index (χ3v) is 7.42. The number of aromatic nitrogens is 4. The first-order valence-corrected chi connectivity index (χ1v) is 13.0. The van der Waals surface area contributed by atoms with Crippen molar-refractivity contribution in [2.24, 2.45) is 0 Å². The van der Waals surface area contributed by atoms with Gasteiger partial charge in [-0.05, 0) is 37.3 Å². The summed E-state index contributed by atoms with van der Waals surface area (Å²) in [6.45, 7) is 1.85. The molecule has 0 bridgehead atoms. The number of para-hydroxylation sites is 1. The van der Waals surface area contributed by atoms with Crippen LogP contribution in [0.4, 0.5) is 5.69 Å². The molecular weight excluding hydrogens is 510 g/mol.